The molecule has 0 spiro atoms. The van der Waals surface area contributed by atoms with Crippen LogP contribution in [0.15, 0.2) is 30.4 Å². The summed E-state index contributed by atoms with van der Waals surface area (Å²) in [5.74, 6) is -0.162. The number of carbonyl (C=O) groups is 1. The standard InChI is InChI=1S/C27H39NO7/c1-17-10-11-18(2)25-22(34-27(4,5)35-25)9-7-8-20-14-21(31-13-12-28)15-23(32-16-30-6)24(20)26(29)33-19(17)3/h7-8,10-11,14-15,17-19,22,25H,9,12-13,16,28H2,1-6H3/b8-7?,11-10-/t17-,18?,19?,22?,25?/m1/s1. The molecule has 0 amide bonds. The molecule has 4 unspecified atom stereocenters. The van der Waals surface area contributed by atoms with E-state index in [0.29, 0.717) is 42.2 Å². The Morgan fingerprint density at radius 2 is 1.83 bits per heavy atom. The number of methoxy groups -OCH3 is 1. The topological polar surface area (TPSA) is 98.5 Å². The smallest absolute Gasteiger partial charge is 0.342 e. The fourth-order valence-electron chi connectivity index (χ4n) is 4.23. The first kappa shape index (κ1) is 27.2. The molecule has 1 saturated heterocycles. The van der Waals surface area contributed by atoms with E-state index in [9.17, 15) is 4.79 Å². The third-order valence-electron chi connectivity index (χ3n) is 6.19. The molecule has 3 rings (SSSR count). The van der Waals surface area contributed by atoms with Crippen LogP contribution in [-0.2, 0) is 18.9 Å². The molecule has 8 nitrogen and oxygen atoms in total. The third kappa shape index (κ3) is 7.07. The number of fused-ring (bicyclic) bond motifs is 2. The first-order valence-corrected chi connectivity index (χ1v) is 12.2. The van der Waals surface area contributed by atoms with Gasteiger partial charge in [0.05, 0.1) is 12.2 Å². The van der Waals surface area contributed by atoms with E-state index in [4.69, 9.17) is 34.2 Å². The molecule has 0 bridgehead atoms. The van der Waals surface area contributed by atoms with Crippen LogP contribution in [0.25, 0.3) is 6.08 Å². The number of hydrogen-bond acceptors (Lipinski definition) is 8. The van der Waals surface area contributed by atoms with Crippen LogP contribution in [0.3, 0.4) is 0 Å². The zero-order valence-electron chi connectivity index (χ0n) is 21.6. The van der Waals surface area contributed by atoms with E-state index in [-0.39, 0.29) is 36.9 Å². The van der Waals surface area contributed by atoms with Gasteiger partial charge in [0.2, 0.25) is 0 Å². The molecule has 5 atom stereocenters. The maximum atomic E-state index is 13.4. The Morgan fingerprint density at radius 1 is 1.09 bits per heavy atom. The van der Waals surface area contributed by atoms with Crippen molar-refractivity contribution in [3.05, 3.63) is 41.5 Å². The Balaban J connectivity index is 2.06. The van der Waals surface area contributed by atoms with Gasteiger partial charge >= 0.3 is 5.97 Å². The summed E-state index contributed by atoms with van der Waals surface area (Å²) in [5.41, 5.74) is 6.54. The number of cyclic esters (lactones) is 1. The molecular formula is C27H39NO7. The molecule has 194 valence electrons. The van der Waals surface area contributed by atoms with Crippen molar-refractivity contribution in [2.75, 3.05) is 27.1 Å². The second-order valence-corrected chi connectivity index (χ2v) is 9.56. The van der Waals surface area contributed by atoms with Gasteiger partial charge in [0, 0.05) is 31.6 Å². The van der Waals surface area contributed by atoms with Gasteiger partial charge in [0.25, 0.3) is 0 Å². The molecule has 0 aromatic heterocycles. The summed E-state index contributed by atoms with van der Waals surface area (Å²) in [5, 5.41) is 0. The van der Waals surface area contributed by atoms with Gasteiger partial charge in [-0.2, -0.15) is 0 Å². The number of carbonyl (C=O) groups excluding carboxylic acids is 1. The quantitative estimate of drug-likeness (QED) is 0.358. The minimum Gasteiger partial charge on any atom is -0.492 e. The van der Waals surface area contributed by atoms with Crippen LogP contribution in [0.4, 0.5) is 0 Å². The van der Waals surface area contributed by atoms with E-state index in [1.54, 1.807) is 12.1 Å². The Hall–Kier alpha value is -2.39. The lowest BCUT2D eigenvalue weighted by molar-refractivity contribution is -0.148. The largest absolute Gasteiger partial charge is 0.492 e. The number of benzene rings is 1. The van der Waals surface area contributed by atoms with Crippen LogP contribution in [0.2, 0.25) is 0 Å². The lowest BCUT2D eigenvalue weighted by Gasteiger charge is -2.23. The Kier molecular flexibility index (Phi) is 9.35. The van der Waals surface area contributed by atoms with Crippen molar-refractivity contribution in [3.63, 3.8) is 0 Å². The van der Waals surface area contributed by atoms with Gasteiger partial charge in [-0.15, -0.1) is 0 Å². The lowest BCUT2D eigenvalue weighted by atomic mass is 9.94. The highest BCUT2D eigenvalue weighted by molar-refractivity contribution is 5.97. The summed E-state index contributed by atoms with van der Waals surface area (Å²) in [6.45, 7) is 10.6. The van der Waals surface area contributed by atoms with Crippen LogP contribution in [0.5, 0.6) is 11.5 Å². The molecule has 1 aromatic carbocycles. The maximum Gasteiger partial charge on any atom is 0.342 e. The molecule has 35 heavy (non-hydrogen) atoms. The maximum absolute atomic E-state index is 13.4. The van der Waals surface area contributed by atoms with Gasteiger partial charge in [-0.1, -0.05) is 38.2 Å². The van der Waals surface area contributed by atoms with E-state index < -0.39 is 11.8 Å². The molecule has 2 aliphatic heterocycles. The van der Waals surface area contributed by atoms with Crippen molar-refractivity contribution >= 4 is 12.0 Å². The summed E-state index contributed by atoms with van der Waals surface area (Å²) in [4.78, 5) is 13.4. The number of esters is 1. The summed E-state index contributed by atoms with van der Waals surface area (Å²) in [6, 6.07) is 3.45. The lowest BCUT2D eigenvalue weighted by Crippen LogP contribution is -2.29. The summed E-state index contributed by atoms with van der Waals surface area (Å²) in [7, 11) is 1.52. The van der Waals surface area contributed by atoms with Gasteiger partial charge < -0.3 is 34.2 Å². The molecule has 2 aliphatic rings. The van der Waals surface area contributed by atoms with Gasteiger partial charge in [-0.25, -0.2) is 4.79 Å². The van der Waals surface area contributed by atoms with Crippen molar-refractivity contribution in [1.29, 1.82) is 0 Å². The molecule has 0 saturated carbocycles. The average molecular weight is 490 g/mol. The normalized spacial score (nSPS) is 29.5. The van der Waals surface area contributed by atoms with Crippen LogP contribution in [-0.4, -0.2) is 57.1 Å². The highest BCUT2D eigenvalue weighted by atomic mass is 16.8. The first-order chi connectivity index (χ1) is 16.6. The second-order valence-electron chi connectivity index (χ2n) is 9.56. The predicted octanol–water partition coefficient (Wildman–Crippen LogP) is 4.32. The Labute approximate surface area is 208 Å². The predicted molar refractivity (Wildman–Crippen MR) is 133 cm³/mol. The van der Waals surface area contributed by atoms with E-state index in [2.05, 4.69) is 19.1 Å². The Bertz CT molecular complexity index is 926. The van der Waals surface area contributed by atoms with Crippen LogP contribution in [0, 0.1) is 11.8 Å². The molecule has 0 aliphatic carbocycles. The molecular weight excluding hydrogens is 450 g/mol. The van der Waals surface area contributed by atoms with Gasteiger partial charge in [-0.05, 0) is 38.8 Å². The second kappa shape index (κ2) is 12.0. The minimum absolute atomic E-state index is 0.00683. The Morgan fingerprint density at radius 3 is 2.54 bits per heavy atom. The summed E-state index contributed by atoms with van der Waals surface area (Å²) < 4.78 is 34.9. The fraction of sp³-hybridized carbons (Fsp3) is 0.593. The fourth-order valence-corrected chi connectivity index (χ4v) is 4.23. The number of ether oxygens (including phenoxy) is 6. The van der Waals surface area contributed by atoms with Crippen LogP contribution >= 0.6 is 0 Å². The van der Waals surface area contributed by atoms with E-state index in [1.807, 2.05) is 39.8 Å². The molecule has 2 heterocycles. The van der Waals surface area contributed by atoms with Crippen molar-refractivity contribution in [1.82, 2.24) is 0 Å². The molecule has 8 heteroatoms. The highest BCUT2D eigenvalue weighted by Gasteiger charge is 2.42. The van der Waals surface area contributed by atoms with Gasteiger partial charge in [-0.3, -0.25) is 0 Å². The van der Waals surface area contributed by atoms with Crippen LogP contribution in [0.1, 0.15) is 57.0 Å². The van der Waals surface area contributed by atoms with Crippen molar-refractivity contribution < 1.29 is 33.2 Å². The van der Waals surface area contributed by atoms with Gasteiger partial charge in [0.15, 0.2) is 12.6 Å². The molecule has 0 radical (unpaired) electrons. The summed E-state index contributed by atoms with van der Waals surface area (Å²) >= 11 is 0. The number of hydrogen-bond donors (Lipinski definition) is 1. The zero-order valence-corrected chi connectivity index (χ0v) is 21.6. The van der Waals surface area contributed by atoms with Crippen molar-refractivity contribution in [2.24, 2.45) is 17.6 Å². The average Bonchev–Trinajstić information content (AvgIpc) is 3.12. The van der Waals surface area contributed by atoms with Crippen molar-refractivity contribution in [2.45, 2.75) is 65.1 Å². The van der Waals surface area contributed by atoms with E-state index in [0.717, 1.165) is 0 Å². The number of rotatable bonds is 6. The molecule has 1 fully saturated rings. The summed E-state index contributed by atoms with van der Waals surface area (Å²) in [6.07, 6.45) is 8.06. The van der Waals surface area contributed by atoms with Crippen LogP contribution < -0.4 is 15.2 Å². The monoisotopic (exact) mass is 489 g/mol. The first-order valence-electron chi connectivity index (χ1n) is 12.2. The number of nitrogens with two attached hydrogens (primary N) is 1. The van der Waals surface area contributed by atoms with E-state index >= 15 is 0 Å². The molecule has 1 aromatic rings. The molecule has 2 N–H and O–H groups in total. The van der Waals surface area contributed by atoms with Gasteiger partial charge in [0.1, 0.15) is 29.8 Å². The SMILES string of the molecule is COCOc1cc(OCCN)cc2c1C(=O)OC(C)[C@H](C)/C=C\C(C)C1OC(C)(C)OC1CC=C2. The zero-order chi connectivity index (χ0) is 25.6. The van der Waals surface area contributed by atoms with Crippen molar-refractivity contribution in [3.8, 4) is 11.5 Å². The highest BCUT2D eigenvalue weighted by Crippen LogP contribution is 2.36. The third-order valence-corrected chi connectivity index (χ3v) is 6.19. The minimum atomic E-state index is -0.667. The van der Waals surface area contributed by atoms with E-state index in [1.165, 1.54) is 7.11 Å².